The maximum Gasteiger partial charge on any atom is 0.0717 e. The highest BCUT2D eigenvalue weighted by Gasteiger charge is 2.14. The molecular weight excluding hydrogens is 178 g/mol. The number of aromatic nitrogens is 1. The lowest BCUT2D eigenvalue weighted by Crippen LogP contribution is -2.22. The van der Waals surface area contributed by atoms with Crippen LogP contribution in [0.15, 0.2) is 18.5 Å². The van der Waals surface area contributed by atoms with E-state index in [2.05, 4.69) is 15.6 Å². The van der Waals surface area contributed by atoms with Gasteiger partial charge in [-0.3, -0.25) is 4.98 Å². The molecule has 0 aliphatic carbocycles. The molecule has 1 aliphatic heterocycles. The molecule has 1 saturated heterocycles. The van der Waals surface area contributed by atoms with Gasteiger partial charge in [0, 0.05) is 36.2 Å². The molecule has 14 heavy (non-hydrogen) atoms. The van der Waals surface area contributed by atoms with Crippen molar-refractivity contribution in [2.24, 2.45) is 0 Å². The van der Waals surface area contributed by atoms with E-state index in [9.17, 15) is 0 Å². The highest BCUT2D eigenvalue weighted by Crippen LogP contribution is 2.16. The van der Waals surface area contributed by atoms with Gasteiger partial charge in [-0.2, -0.15) is 0 Å². The summed E-state index contributed by atoms with van der Waals surface area (Å²) in [4.78, 5) is 3.98. The molecule has 1 atom stereocenters. The fourth-order valence-electron chi connectivity index (χ4n) is 1.69. The highest BCUT2D eigenvalue weighted by molar-refractivity contribution is 5.50. The van der Waals surface area contributed by atoms with Crippen LogP contribution in [0.2, 0.25) is 0 Å². The second-order valence-electron chi connectivity index (χ2n) is 3.52. The summed E-state index contributed by atoms with van der Waals surface area (Å²) in [6, 6.07) is 2.38. The fourth-order valence-corrected chi connectivity index (χ4v) is 1.69. The normalized spacial score (nSPS) is 21.1. The molecule has 4 heteroatoms. The number of pyridine rings is 1. The quantitative estimate of drug-likeness (QED) is 0.648. The molecule has 2 heterocycles. The Labute approximate surface area is 83.4 Å². The molecule has 0 aromatic carbocycles. The summed E-state index contributed by atoms with van der Waals surface area (Å²) >= 11 is 0. The molecule has 4 nitrogen and oxygen atoms in total. The Balaban J connectivity index is 2.07. The van der Waals surface area contributed by atoms with Crippen LogP contribution in [-0.4, -0.2) is 29.2 Å². The summed E-state index contributed by atoms with van der Waals surface area (Å²) in [5.41, 5.74) is 1.86. The van der Waals surface area contributed by atoms with Crippen LogP contribution in [-0.2, 0) is 6.61 Å². The molecule has 0 amide bonds. The van der Waals surface area contributed by atoms with Crippen molar-refractivity contribution < 1.29 is 5.11 Å². The van der Waals surface area contributed by atoms with Crippen molar-refractivity contribution in [2.45, 2.75) is 19.1 Å². The van der Waals surface area contributed by atoms with E-state index < -0.39 is 0 Å². The summed E-state index contributed by atoms with van der Waals surface area (Å²) in [5.74, 6) is 0. The van der Waals surface area contributed by atoms with E-state index in [1.807, 2.05) is 6.07 Å². The second-order valence-corrected chi connectivity index (χ2v) is 3.52. The SMILES string of the molecule is OCc1cnccc1NC1CCNC1. The molecule has 0 spiro atoms. The number of anilines is 1. The summed E-state index contributed by atoms with van der Waals surface area (Å²) in [6.45, 7) is 2.10. The number of aliphatic hydroxyl groups excluding tert-OH is 1. The van der Waals surface area contributed by atoms with E-state index in [4.69, 9.17) is 5.11 Å². The molecule has 76 valence electrons. The van der Waals surface area contributed by atoms with Crippen molar-refractivity contribution in [1.29, 1.82) is 0 Å². The first-order chi connectivity index (χ1) is 6.90. The van der Waals surface area contributed by atoms with E-state index >= 15 is 0 Å². The van der Waals surface area contributed by atoms with Gasteiger partial charge in [-0.05, 0) is 19.0 Å². The maximum atomic E-state index is 9.10. The van der Waals surface area contributed by atoms with Crippen molar-refractivity contribution in [2.75, 3.05) is 18.4 Å². The number of nitrogens with zero attached hydrogens (tertiary/aromatic N) is 1. The minimum Gasteiger partial charge on any atom is -0.392 e. The zero-order valence-electron chi connectivity index (χ0n) is 8.03. The van der Waals surface area contributed by atoms with Crippen molar-refractivity contribution in [3.63, 3.8) is 0 Å². The molecular formula is C10H15N3O. The summed E-state index contributed by atoms with van der Waals surface area (Å²) in [6.07, 6.45) is 4.57. The van der Waals surface area contributed by atoms with Gasteiger partial charge in [-0.15, -0.1) is 0 Å². The first-order valence-corrected chi connectivity index (χ1v) is 4.91. The van der Waals surface area contributed by atoms with Gasteiger partial charge < -0.3 is 15.7 Å². The predicted octanol–water partition coefficient (Wildman–Crippen LogP) is 0.348. The molecule has 0 saturated carbocycles. The number of hydrogen-bond acceptors (Lipinski definition) is 4. The van der Waals surface area contributed by atoms with Gasteiger partial charge in [0.15, 0.2) is 0 Å². The van der Waals surface area contributed by atoms with E-state index in [1.54, 1.807) is 12.4 Å². The summed E-state index contributed by atoms with van der Waals surface area (Å²) < 4.78 is 0. The zero-order valence-corrected chi connectivity index (χ0v) is 8.03. The topological polar surface area (TPSA) is 57.2 Å². The maximum absolute atomic E-state index is 9.10. The molecule has 2 rings (SSSR count). The van der Waals surface area contributed by atoms with Crippen LogP contribution in [0.3, 0.4) is 0 Å². The second kappa shape index (κ2) is 4.39. The van der Waals surface area contributed by atoms with E-state index in [-0.39, 0.29) is 6.61 Å². The third-order valence-corrected chi connectivity index (χ3v) is 2.49. The van der Waals surface area contributed by atoms with Crippen LogP contribution in [0.1, 0.15) is 12.0 Å². The van der Waals surface area contributed by atoms with Gasteiger partial charge in [0.05, 0.1) is 6.61 Å². The average Bonchev–Trinajstić information content (AvgIpc) is 2.71. The minimum absolute atomic E-state index is 0.0380. The van der Waals surface area contributed by atoms with Crippen LogP contribution in [0.4, 0.5) is 5.69 Å². The lowest BCUT2D eigenvalue weighted by atomic mass is 10.2. The Morgan fingerprint density at radius 3 is 3.29 bits per heavy atom. The van der Waals surface area contributed by atoms with Gasteiger partial charge in [0.1, 0.15) is 0 Å². The third-order valence-electron chi connectivity index (χ3n) is 2.49. The van der Waals surface area contributed by atoms with Crippen LogP contribution in [0.25, 0.3) is 0 Å². The first-order valence-electron chi connectivity index (χ1n) is 4.91. The molecule has 1 unspecified atom stereocenters. The molecule has 0 bridgehead atoms. The minimum atomic E-state index is 0.0380. The largest absolute Gasteiger partial charge is 0.392 e. The number of hydrogen-bond donors (Lipinski definition) is 3. The lowest BCUT2D eigenvalue weighted by molar-refractivity contribution is 0.282. The molecule has 1 aliphatic rings. The zero-order chi connectivity index (χ0) is 9.80. The van der Waals surface area contributed by atoms with Gasteiger partial charge in [-0.25, -0.2) is 0 Å². The van der Waals surface area contributed by atoms with Crippen molar-refractivity contribution in [3.05, 3.63) is 24.0 Å². The van der Waals surface area contributed by atoms with E-state index in [0.29, 0.717) is 6.04 Å². The standard InChI is InChI=1S/C10H15N3O/c14-7-8-5-11-4-2-10(8)13-9-1-3-12-6-9/h2,4-5,9,12,14H,1,3,6-7H2,(H,11,13). The highest BCUT2D eigenvalue weighted by atomic mass is 16.3. The Morgan fingerprint density at radius 2 is 2.57 bits per heavy atom. The summed E-state index contributed by atoms with van der Waals surface area (Å²) in [7, 11) is 0. The van der Waals surface area contributed by atoms with Crippen LogP contribution < -0.4 is 10.6 Å². The van der Waals surface area contributed by atoms with Crippen molar-refractivity contribution in [1.82, 2.24) is 10.3 Å². The van der Waals surface area contributed by atoms with E-state index in [1.165, 1.54) is 0 Å². The molecule has 3 N–H and O–H groups in total. The average molecular weight is 193 g/mol. The van der Waals surface area contributed by atoms with Gasteiger partial charge in [0.25, 0.3) is 0 Å². The monoisotopic (exact) mass is 193 g/mol. The number of rotatable bonds is 3. The van der Waals surface area contributed by atoms with E-state index in [0.717, 1.165) is 30.8 Å². The Hall–Kier alpha value is -1.13. The first kappa shape index (κ1) is 9.43. The molecule has 0 radical (unpaired) electrons. The smallest absolute Gasteiger partial charge is 0.0717 e. The summed E-state index contributed by atoms with van der Waals surface area (Å²) in [5, 5.41) is 15.8. The van der Waals surface area contributed by atoms with Crippen molar-refractivity contribution >= 4 is 5.69 Å². The van der Waals surface area contributed by atoms with Crippen LogP contribution >= 0.6 is 0 Å². The Morgan fingerprint density at radius 1 is 1.64 bits per heavy atom. The van der Waals surface area contributed by atoms with Crippen molar-refractivity contribution in [3.8, 4) is 0 Å². The number of aliphatic hydroxyl groups is 1. The Kier molecular flexibility index (Phi) is 2.96. The van der Waals surface area contributed by atoms with Gasteiger partial charge >= 0.3 is 0 Å². The third kappa shape index (κ3) is 2.02. The number of nitrogens with one attached hydrogen (secondary N) is 2. The lowest BCUT2D eigenvalue weighted by Gasteiger charge is -2.15. The Bertz CT molecular complexity index is 297. The fraction of sp³-hybridized carbons (Fsp3) is 0.500. The van der Waals surface area contributed by atoms with Crippen LogP contribution in [0.5, 0.6) is 0 Å². The van der Waals surface area contributed by atoms with Crippen LogP contribution in [0, 0.1) is 0 Å². The van der Waals surface area contributed by atoms with Gasteiger partial charge in [0.2, 0.25) is 0 Å². The predicted molar refractivity (Wildman–Crippen MR) is 55.1 cm³/mol. The molecule has 1 aromatic heterocycles. The molecule has 1 aromatic rings. The van der Waals surface area contributed by atoms with Gasteiger partial charge in [-0.1, -0.05) is 0 Å². The molecule has 1 fully saturated rings.